The lowest BCUT2D eigenvalue weighted by Gasteiger charge is -2.10. The van der Waals surface area contributed by atoms with Crippen LogP contribution >= 0.6 is 0 Å². The van der Waals surface area contributed by atoms with Crippen molar-refractivity contribution in [1.29, 1.82) is 0 Å². The van der Waals surface area contributed by atoms with E-state index >= 15 is 0 Å². The standard InChI is InChI=1S/C15H20O/c1-12(11-16)10-13-6-8-15(9-7-13)14-4-2-3-5-14/h6-9,11-12,14H,2-5,10H2,1H3. The molecule has 0 saturated heterocycles. The van der Waals surface area contributed by atoms with Gasteiger partial charge in [0.25, 0.3) is 0 Å². The number of hydrogen-bond acceptors (Lipinski definition) is 1. The van der Waals surface area contributed by atoms with Crippen molar-refractivity contribution < 1.29 is 4.79 Å². The molecular weight excluding hydrogens is 196 g/mol. The van der Waals surface area contributed by atoms with E-state index in [0.717, 1.165) is 18.6 Å². The van der Waals surface area contributed by atoms with Crippen LogP contribution in [0, 0.1) is 5.92 Å². The van der Waals surface area contributed by atoms with Crippen LogP contribution in [-0.2, 0) is 11.2 Å². The zero-order valence-electron chi connectivity index (χ0n) is 9.99. The Labute approximate surface area is 97.9 Å². The van der Waals surface area contributed by atoms with Crippen molar-refractivity contribution in [2.75, 3.05) is 0 Å². The van der Waals surface area contributed by atoms with E-state index in [1.165, 1.54) is 36.8 Å². The summed E-state index contributed by atoms with van der Waals surface area (Å²) in [5.41, 5.74) is 2.77. The van der Waals surface area contributed by atoms with E-state index in [2.05, 4.69) is 24.3 Å². The van der Waals surface area contributed by atoms with Crippen LogP contribution in [0.25, 0.3) is 0 Å². The van der Waals surface area contributed by atoms with E-state index in [9.17, 15) is 4.79 Å². The quantitative estimate of drug-likeness (QED) is 0.701. The summed E-state index contributed by atoms with van der Waals surface area (Å²) in [7, 11) is 0. The normalized spacial score (nSPS) is 18.6. The van der Waals surface area contributed by atoms with Crippen molar-refractivity contribution in [1.82, 2.24) is 0 Å². The summed E-state index contributed by atoms with van der Waals surface area (Å²) in [6.07, 6.45) is 7.37. The molecule has 1 unspecified atom stereocenters. The van der Waals surface area contributed by atoms with Gasteiger partial charge in [-0.3, -0.25) is 0 Å². The van der Waals surface area contributed by atoms with Gasteiger partial charge in [-0.1, -0.05) is 44.0 Å². The van der Waals surface area contributed by atoms with Gasteiger partial charge in [-0.2, -0.15) is 0 Å². The molecule has 0 heterocycles. The second-order valence-corrected chi connectivity index (χ2v) is 5.04. The van der Waals surface area contributed by atoms with Crippen molar-refractivity contribution in [3.63, 3.8) is 0 Å². The maximum absolute atomic E-state index is 10.6. The average Bonchev–Trinajstić information content (AvgIpc) is 2.83. The SMILES string of the molecule is CC(C=O)Cc1ccc(C2CCCC2)cc1. The Hall–Kier alpha value is -1.11. The molecule has 1 aliphatic carbocycles. The monoisotopic (exact) mass is 216 g/mol. The van der Waals surface area contributed by atoms with Crippen molar-refractivity contribution in [2.24, 2.45) is 5.92 Å². The van der Waals surface area contributed by atoms with E-state index < -0.39 is 0 Å². The first-order chi connectivity index (χ1) is 7.79. The molecule has 1 fully saturated rings. The van der Waals surface area contributed by atoms with Gasteiger partial charge in [0.1, 0.15) is 6.29 Å². The second-order valence-electron chi connectivity index (χ2n) is 5.04. The number of carbonyl (C=O) groups is 1. The minimum atomic E-state index is 0.136. The fourth-order valence-electron chi connectivity index (χ4n) is 2.60. The summed E-state index contributed by atoms with van der Waals surface area (Å²) in [5, 5.41) is 0. The molecule has 0 radical (unpaired) electrons. The maximum Gasteiger partial charge on any atom is 0.123 e. The molecule has 0 bridgehead atoms. The lowest BCUT2D eigenvalue weighted by Crippen LogP contribution is -2.01. The lowest BCUT2D eigenvalue weighted by atomic mass is 9.95. The first-order valence-corrected chi connectivity index (χ1v) is 6.33. The molecule has 2 rings (SSSR count). The summed E-state index contributed by atoms with van der Waals surface area (Å²) >= 11 is 0. The molecule has 0 spiro atoms. The van der Waals surface area contributed by atoms with Crippen molar-refractivity contribution in [2.45, 2.75) is 44.9 Å². The molecular formula is C15H20O. The Kier molecular flexibility index (Phi) is 3.76. The largest absolute Gasteiger partial charge is 0.303 e. The Balaban J connectivity index is 2.01. The van der Waals surface area contributed by atoms with Crippen LogP contribution in [0.1, 0.15) is 49.7 Å². The van der Waals surface area contributed by atoms with Crippen molar-refractivity contribution in [3.8, 4) is 0 Å². The van der Waals surface area contributed by atoms with E-state index in [0.29, 0.717) is 0 Å². The lowest BCUT2D eigenvalue weighted by molar-refractivity contribution is -0.110. The Morgan fingerprint density at radius 1 is 1.25 bits per heavy atom. The van der Waals surface area contributed by atoms with Gasteiger partial charge in [-0.25, -0.2) is 0 Å². The molecule has 1 aromatic carbocycles. The topological polar surface area (TPSA) is 17.1 Å². The Morgan fingerprint density at radius 3 is 2.44 bits per heavy atom. The summed E-state index contributed by atoms with van der Waals surface area (Å²) in [5.74, 6) is 0.926. The number of carbonyl (C=O) groups excluding carboxylic acids is 1. The van der Waals surface area contributed by atoms with Crippen LogP contribution in [0.5, 0.6) is 0 Å². The minimum absolute atomic E-state index is 0.136. The van der Waals surface area contributed by atoms with Crippen LogP contribution in [0.2, 0.25) is 0 Å². The zero-order chi connectivity index (χ0) is 11.4. The Bertz CT molecular complexity index is 333. The smallest absolute Gasteiger partial charge is 0.123 e. The number of benzene rings is 1. The first-order valence-electron chi connectivity index (χ1n) is 6.33. The first kappa shape index (κ1) is 11.4. The van der Waals surface area contributed by atoms with Gasteiger partial charge in [-0.05, 0) is 36.3 Å². The van der Waals surface area contributed by atoms with Crippen LogP contribution < -0.4 is 0 Å². The summed E-state index contributed by atoms with van der Waals surface area (Å²) in [6, 6.07) is 8.88. The van der Waals surface area contributed by atoms with Crippen molar-refractivity contribution >= 4 is 6.29 Å². The van der Waals surface area contributed by atoms with E-state index in [4.69, 9.17) is 0 Å². The molecule has 0 aliphatic heterocycles. The Morgan fingerprint density at radius 2 is 1.88 bits per heavy atom. The highest BCUT2D eigenvalue weighted by Gasteiger charge is 2.16. The average molecular weight is 216 g/mol. The third kappa shape index (κ3) is 2.72. The molecule has 1 heteroatoms. The molecule has 1 saturated carbocycles. The molecule has 1 atom stereocenters. The van der Waals surface area contributed by atoms with Gasteiger partial charge >= 0.3 is 0 Å². The molecule has 16 heavy (non-hydrogen) atoms. The minimum Gasteiger partial charge on any atom is -0.303 e. The summed E-state index contributed by atoms with van der Waals surface area (Å²) in [4.78, 5) is 10.6. The number of aldehydes is 1. The number of hydrogen-bond donors (Lipinski definition) is 0. The predicted octanol–water partition coefficient (Wildman–Crippen LogP) is 3.72. The van der Waals surface area contributed by atoms with Gasteiger partial charge in [0.05, 0.1) is 0 Å². The third-order valence-corrected chi connectivity index (χ3v) is 3.60. The van der Waals surface area contributed by atoms with Gasteiger partial charge < -0.3 is 4.79 Å². The highest BCUT2D eigenvalue weighted by atomic mass is 16.1. The van der Waals surface area contributed by atoms with Gasteiger partial charge in [0.2, 0.25) is 0 Å². The highest BCUT2D eigenvalue weighted by Crippen LogP contribution is 2.34. The van der Waals surface area contributed by atoms with Crippen LogP contribution in [0.4, 0.5) is 0 Å². The molecule has 1 aromatic rings. The molecule has 0 aromatic heterocycles. The van der Waals surface area contributed by atoms with Gasteiger partial charge in [-0.15, -0.1) is 0 Å². The zero-order valence-corrected chi connectivity index (χ0v) is 9.99. The van der Waals surface area contributed by atoms with Crippen LogP contribution in [0.3, 0.4) is 0 Å². The van der Waals surface area contributed by atoms with Crippen LogP contribution in [-0.4, -0.2) is 6.29 Å². The second kappa shape index (κ2) is 5.29. The predicted molar refractivity (Wildman–Crippen MR) is 66.6 cm³/mol. The van der Waals surface area contributed by atoms with Gasteiger partial charge in [0.15, 0.2) is 0 Å². The highest BCUT2D eigenvalue weighted by molar-refractivity contribution is 5.53. The fraction of sp³-hybridized carbons (Fsp3) is 0.533. The summed E-state index contributed by atoms with van der Waals surface area (Å²) < 4.78 is 0. The number of rotatable bonds is 4. The maximum atomic E-state index is 10.6. The molecule has 1 aliphatic rings. The molecule has 0 N–H and O–H groups in total. The molecule has 1 nitrogen and oxygen atoms in total. The molecule has 0 amide bonds. The van der Waals surface area contributed by atoms with E-state index in [1.54, 1.807) is 0 Å². The van der Waals surface area contributed by atoms with E-state index in [-0.39, 0.29) is 5.92 Å². The molecule has 86 valence electrons. The van der Waals surface area contributed by atoms with E-state index in [1.807, 2.05) is 6.92 Å². The van der Waals surface area contributed by atoms with Crippen molar-refractivity contribution in [3.05, 3.63) is 35.4 Å². The third-order valence-electron chi connectivity index (χ3n) is 3.60. The van der Waals surface area contributed by atoms with Gasteiger partial charge in [0, 0.05) is 5.92 Å². The summed E-state index contributed by atoms with van der Waals surface area (Å²) in [6.45, 7) is 1.97. The fourth-order valence-corrected chi connectivity index (χ4v) is 2.60. The van der Waals surface area contributed by atoms with Crippen LogP contribution in [0.15, 0.2) is 24.3 Å².